The molecule has 0 spiro atoms. The zero-order chi connectivity index (χ0) is 14.0. The predicted molar refractivity (Wildman–Crippen MR) is 73.9 cm³/mol. The summed E-state index contributed by atoms with van der Waals surface area (Å²) >= 11 is 0. The van der Waals surface area contributed by atoms with Crippen molar-refractivity contribution in [2.24, 2.45) is 0 Å². The molecule has 1 rings (SSSR count). The maximum atomic E-state index is 11.3. The van der Waals surface area contributed by atoms with Gasteiger partial charge in [-0.05, 0) is 23.6 Å². The largest absolute Gasteiger partial charge is 0.489 e. The van der Waals surface area contributed by atoms with Gasteiger partial charge in [0.05, 0.1) is 4.90 Å². The topological polar surface area (TPSA) is 43.4 Å². The van der Waals surface area contributed by atoms with Gasteiger partial charge in [0, 0.05) is 16.2 Å². The monoisotopic (exact) mass is 288 g/mol. The molecule has 0 saturated heterocycles. The molecule has 0 aliphatic carbocycles. The van der Waals surface area contributed by atoms with Crippen LogP contribution in [0.4, 0.5) is 0 Å². The van der Waals surface area contributed by atoms with Crippen molar-refractivity contribution in [2.45, 2.75) is 31.1 Å². The van der Waals surface area contributed by atoms with Crippen LogP contribution >= 0.6 is 10.7 Å². The van der Waals surface area contributed by atoms with Gasteiger partial charge in [0.2, 0.25) is 0 Å². The fourth-order valence-corrected chi connectivity index (χ4v) is 2.30. The average molecular weight is 289 g/mol. The highest BCUT2D eigenvalue weighted by Gasteiger charge is 2.22. The number of halogens is 1. The van der Waals surface area contributed by atoms with E-state index in [2.05, 4.69) is 6.58 Å². The lowest BCUT2D eigenvalue weighted by Crippen LogP contribution is -2.14. The number of hydrogen-bond acceptors (Lipinski definition) is 3. The Kier molecular flexibility index (Phi) is 4.46. The van der Waals surface area contributed by atoms with Gasteiger partial charge in [-0.3, -0.25) is 0 Å². The van der Waals surface area contributed by atoms with E-state index < -0.39 is 9.05 Å². The van der Waals surface area contributed by atoms with Crippen LogP contribution in [0.25, 0.3) is 0 Å². The summed E-state index contributed by atoms with van der Waals surface area (Å²) in [5.41, 5.74) is 0.555. The third-order valence-electron chi connectivity index (χ3n) is 2.40. The van der Waals surface area contributed by atoms with Crippen LogP contribution in [0.2, 0.25) is 0 Å². The van der Waals surface area contributed by atoms with Gasteiger partial charge >= 0.3 is 0 Å². The molecule has 0 aliphatic rings. The maximum absolute atomic E-state index is 11.3. The first-order valence-electron chi connectivity index (χ1n) is 5.49. The van der Waals surface area contributed by atoms with Gasteiger partial charge in [-0.15, -0.1) is 0 Å². The number of benzene rings is 1. The number of rotatable bonds is 4. The van der Waals surface area contributed by atoms with Crippen LogP contribution in [0.5, 0.6) is 5.75 Å². The molecule has 0 saturated carbocycles. The van der Waals surface area contributed by atoms with Crippen molar-refractivity contribution in [1.82, 2.24) is 0 Å². The fraction of sp³-hybridized carbons (Fsp3) is 0.385. The molecule has 0 radical (unpaired) electrons. The van der Waals surface area contributed by atoms with E-state index in [1.165, 1.54) is 6.07 Å². The third-order valence-corrected chi connectivity index (χ3v) is 3.75. The molecule has 0 N–H and O–H groups in total. The Balaban J connectivity index is 3.34. The summed E-state index contributed by atoms with van der Waals surface area (Å²) in [4.78, 5) is 0.0834. The predicted octanol–water partition coefficient (Wildman–Crippen LogP) is 3.48. The van der Waals surface area contributed by atoms with Crippen LogP contribution in [0.1, 0.15) is 26.3 Å². The van der Waals surface area contributed by atoms with Gasteiger partial charge in [0.15, 0.2) is 0 Å². The van der Waals surface area contributed by atoms with E-state index in [4.69, 9.17) is 15.4 Å². The van der Waals surface area contributed by atoms with E-state index in [0.29, 0.717) is 12.4 Å². The van der Waals surface area contributed by atoms with Crippen LogP contribution in [0.3, 0.4) is 0 Å². The average Bonchev–Trinajstić information content (AvgIpc) is 2.23. The van der Waals surface area contributed by atoms with E-state index in [-0.39, 0.29) is 10.3 Å². The molecular weight excluding hydrogens is 272 g/mol. The van der Waals surface area contributed by atoms with Crippen molar-refractivity contribution in [3.8, 4) is 5.75 Å². The Morgan fingerprint density at radius 2 is 2.00 bits per heavy atom. The van der Waals surface area contributed by atoms with Crippen molar-refractivity contribution in [3.05, 3.63) is 36.4 Å². The van der Waals surface area contributed by atoms with Gasteiger partial charge in [0.25, 0.3) is 9.05 Å². The first-order chi connectivity index (χ1) is 8.16. The molecular formula is C13H17ClO3S. The van der Waals surface area contributed by atoms with Gasteiger partial charge in [-0.1, -0.05) is 33.4 Å². The van der Waals surface area contributed by atoms with Gasteiger partial charge in [0.1, 0.15) is 12.4 Å². The molecule has 0 amide bonds. The summed E-state index contributed by atoms with van der Waals surface area (Å²) in [6, 6.07) is 4.62. The molecule has 18 heavy (non-hydrogen) atoms. The van der Waals surface area contributed by atoms with Crippen LogP contribution in [0.15, 0.2) is 35.7 Å². The Bertz CT molecular complexity index is 542. The molecule has 0 bridgehead atoms. The number of ether oxygens (including phenoxy) is 1. The molecule has 1 aromatic rings. The molecule has 0 unspecified atom stereocenters. The van der Waals surface area contributed by atoms with Gasteiger partial charge in [-0.2, -0.15) is 0 Å². The Labute approximate surface area is 113 Å². The van der Waals surface area contributed by atoms with Crippen LogP contribution < -0.4 is 4.74 Å². The smallest absolute Gasteiger partial charge is 0.261 e. The summed E-state index contributed by atoms with van der Waals surface area (Å²) in [7, 11) is 1.63. The lowest BCUT2D eigenvalue weighted by atomic mass is 9.86. The Morgan fingerprint density at radius 3 is 2.44 bits per heavy atom. The Hall–Kier alpha value is -1.00. The SMILES string of the molecule is C=CCOc1ccc(S(=O)(=O)Cl)cc1C(C)(C)C. The van der Waals surface area contributed by atoms with Crippen LogP contribution in [-0.4, -0.2) is 15.0 Å². The van der Waals surface area contributed by atoms with Crippen molar-refractivity contribution in [3.63, 3.8) is 0 Å². The minimum absolute atomic E-state index is 0.0834. The first kappa shape index (κ1) is 15.1. The summed E-state index contributed by atoms with van der Waals surface area (Å²) in [5, 5.41) is 0. The zero-order valence-electron chi connectivity index (χ0n) is 10.7. The summed E-state index contributed by atoms with van der Waals surface area (Å²) in [5.74, 6) is 0.645. The highest BCUT2D eigenvalue weighted by Crippen LogP contribution is 2.34. The zero-order valence-corrected chi connectivity index (χ0v) is 12.3. The van der Waals surface area contributed by atoms with E-state index in [0.717, 1.165) is 5.56 Å². The molecule has 0 atom stereocenters. The molecule has 5 heteroatoms. The second-order valence-corrected chi connectivity index (χ2v) is 7.51. The standard InChI is InChI=1S/C13H17ClO3S/c1-5-8-17-12-7-6-10(18(14,15)16)9-11(12)13(2,3)4/h5-7,9H,1,8H2,2-4H3. The van der Waals surface area contributed by atoms with E-state index in [1.54, 1.807) is 18.2 Å². The lowest BCUT2D eigenvalue weighted by molar-refractivity contribution is 0.350. The highest BCUT2D eigenvalue weighted by atomic mass is 35.7. The minimum Gasteiger partial charge on any atom is -0.489 e. The van der Waals surface area contributed by atoms with Crippen LogP contribution in [-0.2, 0) is 14.5 Å². The first-order valence-corrected chi connectivity index (χ1v) is 7.80. The fourth-order valence-electron chi connectivity index (χ4n) is 1.52. The van der Waals surface area contributed by atoms with Gasteiger partial charge < -0.3 is 4.74 Å². The third kappa shape index (κ3) is 3.75. The molecule has 0 aliphatic heterocycles. The molecule has 1 aromatic carbocycles. The molecule has 3 nitrogen and oxygen atoms in total. The molecule has 0 aromatic heterocycles. The van der Waals surface area contributed by atoms with Crippen molar-refractivity contribution < 1.29 is 13.2 Å². The van der Waals surface area contributed by atoms with E-state index in [1.807, 2.05) is 20.8 Å². The molecule has 100 valence electrons. The van der Waals surface area contributed by atoms with Crippen molar-refractivity contribution in [2.75, 3.05) is 6.61 Å². The molecule has 0 heterocycles. The summed E-state index contributed by atoms with van der Waals surface area (Å²) in [6.45, 7) is 9.89. The highest BCUT2D eigenvalue weighted by molar-refractivity contribution is 8.13. The lowest BCUT2D eigenvalue weighted by Gasteiger charge is -2.23. The number of hydrogen-bond donors (Lipinski definition) is 0. The second kappa shape index (κ2) is 5.33. The normalized spacial score (nSPS) is 12.2. The summed E-state index contributed by atoms with van der Waals surface area (Å²) in [6.07, 6.45) is 1.64. The van der Waals surface area contributed by atoms with Crippen molar-refractivity contribution >= 4 is 19.7 Å². The Morgan fingerprint density at radius 1 is 1.39 bits per heavy atom. The van der Waals surface area contributed by atoms with E-state index in [9.17, 15) is 8.42 Å². The summed E-state index contributed by atoms with van der Waals surface area (Å²) < 4.78 is 28.2. The van der Waals surface area contributed by atoms with E-state index >= 15 is 0 Å². The van der Waals surface area contributed by atoms with Crippen molar-refractivity contribution in [1.29, 1.82) is 0 Å². The molecule has 0 fully saturated rings. The quantitative estimate of drug-likeness (QED) is 0.629. The van der Waals surface area contributed by atoms with Crippen LogP contribution in [0, 0.1) is 0 Å². The minimum atomic E-state index is -3.73. The second-order valence-electron chi connectivity index (χ2n) is 4.95. The maximum Gasteiger partial charge on any atom is 0.261 e. The van der Waals surface area contributed by atoms with Gasteiger partial charge in [-0.25, -0.2) is 8.42 Å².